The third-order valence-corrected chi connectivity index (χ3v) is 4.41. The molecule has 3 amide bonds. The summed E-state index contributed by atoms with van der Waals surface area (Å²) in [5.74, 6) is 0.390. The van der Waals surface area contributed by atoms with Crippen LogP contribution in [0, 0.1) is 0 Å². The van der Waals surface area contributed by atoms with Crippen LogP contribution in [0.5, 0.6) is 5.75 Å². The molecule has 0 saturated carbocycles. The molecule has 0 fully saturated rings. The molecule has 1 heterocycles. The second-order valence-electron chi connectivity index (χ2n) is 6.73. The number of methoxy groups -OCH3 is 1. The van der Waals surface area contributed by atoms with Crippen LogP contribution in [0.1, 0.15) is 27.7 Å². The summed E-state index contributed by atoms with van der Waals surface area (Å²) >= 11 is 1.28. The highest BCUT2D eigenvalue weighted by Crippen LogP contribution is 2.25. The number of imidazole rings is 1. The van der Waals surface area contributed by atoms with Crippen LogP contribution in [-0.4, -0.2) is 39.4 Å². The molecular weight excluding hydrogens is 352 g/mol. The van der Waals surface area contributed by atoms with Crippen molar-refractivity contribution in [3.05, 3.63) is 36.7 Å². The van der Waals surface area contributed by atoms with Crippen molar-refractivity contribution in [2.45, 2.75) is 43.6 Å². The number of urea groups is 1. The fraction of sp³-hybridized carbons (Fsp3) is 0.389. The number of rotatable bonds is 5. The van der Waals surface area contributed by atoms with E-state index in [1.54, 1.807) is 20.2 Å². The van der Waals surface area contributed by atoms with E-state index in [9.17, 15) is 9.59 Å². The van der Waals surface area contributed by atoms with Gasteiger partial charge in [0.15, 0.2) is 5.16 Å². The summed E-state index contributed by atoms with van der Waals surface area (Å²) in [6, 6.07) is 7.03. The first-order valence-electron chi connectivity index (χ1n) is 8.17. The quantitative estimate of drug-likeness (QED) is 0.784. The molecular formula is C18H24N4O3S. The highest BCUT2D eigenvalue weighted by Gasteiger charge is 2.21. The van der Waals surface area contributed by atoms with Crippen molar-refractivity contribution in [2.75, 3.05) is 7.11 Å². The molecule has 0 bridgehead atoms. The molecule has 26 heavy (non-hydrogen) atoms. The van der Waals surface area contributed by atoms with Crippen molar-refractivity contribution in [1.82, 2.24) is 20.2 Å². The number of aromatic nitrogens is 2. The number of nitrogens with zero attached hydrogens (tertiary/aromatic N) is 2. The summed E-state index contributed by atoms with van der Waals surface area (Å²) in [4.78, 5) is 28.4. The van der Waals surface area contributed by atoms with Crippen LogP contribution in [-0.2, 0) is 4.79 Å². The molecule has 0 aliphatic rings. The first-order chi connectivity index (χ1) is 12.2. The Morgan fingerprint density at radius 2 is 1.88 bits per heavy atom. The maximum atomic E-state index is 12.3. The van der Waals surface area contributed by atoms with Gasteiger partial charge in [0.2, 0.25) is 5.91 Å². The SMILES string of the molecule is COc1ccc(-n2ccnc2SC(C)C(=O)NC(=O)NC(C)(C)C)cc1. The Kier molecular flexibility index (Phi) is 6.31. The number of amides is 3. The Morgan fingerprint density at radius 1 is 1.23 bits per heavy atom. The number of hydrogen-bond acceptors (Lipinski definition) is 5. The van der Waals surface area contributed by atoms with Gasteiger partial charge in [-0.1, -0.05) is 11.8 Å². The predicted molar refractivity (Wildman–Crippen MR) is 102 cm³/mol. The van der Waals surface area contributed by atoms with Gasteiger partial charge in [-0.3, -0.25) is 14.7 Å². The zero-order valence-electron chi connectivity index (χ0n) is 15.6. The normalized spacial score (nSPS) is 12.3. The monoisotopic (exact) mass is 376 g/mol. The lowest BCUT2D eigenvalue weighted by Gasteiger charge is -2.21. The zero-order chi connectivity index (χ0) is 19.3. The number of carbonyl (C=O) groups is 2. The molecule has 7 nitrogen and oxygen atoms in total. The van der Waals surface area contributed by atoms with Gasteiger partial charge < -0.3 is 10.1 Å². The molecule has 0 aliphatic heterocycles. The second-order valence-corrected chi connectivity index (χ2v) is 8.04. The van der Waals surface area contributed by atoms with E-state index < -0.39 is 16.8 Å². The summed E-state index contributed by atoms with van der Waals surface area (Å²) in [7, 11) is 1.61. The first kappa shape index (κ1) is 19.8. The van der Waals surface area contributed by atoms with Crippen molar-refractivity contribution < 1.29 is 14.3 Å². The molecule has 2 N–H and O–H groups in total. The van der Waals surface area contributed by atoms with Crippen LogP contribution < -0.4 is 15.4 Å². The number of thioether (sulfide) groups is 1. The molecule has 8 heteroatoms. The van der Waals surface area contributed by atoms with Gasteiger partial charge in [-0.05, 0) is 52.0 Å². The summed E-state index contributed by atoms with van der Waals surface area (Å²) in [5.41, 5.74) is 0.495. The van der Waals surface area contributed by atoms with Crippen molar-refractivity contribution >= 4 is 23.7 Å². The standard InChI is InChI=1S/C18H24N4O3S/c1-12(15(23)20-16(24)21-18(2,3)4)26-17-19-10-11-22(17)13-6-8-14(25-5)9-7-13/h6-12H,1-5H3,(H2,20,21,23,24). The highest BCUT2D eigenvalue weighted by molar-refractivity contribution is 8.00. The Labute approximate surface area is 157 Å². The van der Waals surface area contributed by atoms with E-state index in [1.807, 2.05) is 55.8 Å². The van der Waals surface area contributed by atoms with E-state index in [1.165, 1.54) is 11.8 Å². The fourth-order valence-corrected chi connectivity index (χ4v) is 3.00. The number of nitrogens with one attached hydrogen (secondary N) is 2. The van der Waals surface area contributed by atoms with Crippen molar-refractivity contribution in [3.8, 4) is 11.4 Å². The van der Waals surface area contributed by atoms with Gasteiger partial charge in [0.05, 0.1) is 12.4 Å². The molecule has 1 atom stereocenters. The van der Waals surface area contributed by atoms with Gasteiger partial charge in [-0.25, -0.2) is 9.78 Å². The lowest BCUT2D eigenvalue weighted by Crippen LogP contribution is -2.49. The number of imide groups is 1. The zero-order valence-corrected chi connectivity index (χ0v) is 16.4. The fourth-order valence-electron chi connectivity index (χ4n) is 2.11. The Morgan fingerprint density at radius 3 is 2.46 bits per heavy atom. The Bertz CT molecular complexity index is 765. The van der Waals surface area contributed by atoms with Gasteiger partial charge in [-0.15, -0.1) is 0 Å². The van der Waals surface area contributed by atoms with Gasteiger partial charge >= 0.3 is 6.03 Å². The molecule has 1 aromatic carbocycles. The number of benzene rings is 1. The largest absolute Gasteiger partial charge is 0.497 e. The van der Waals surface area contributed by atoms with Gasteiger partial charge in [0.1, 0.15) is 5.75 Å². The van der Waals surface area contributed by atoms with Gasteiger partial charge in [0, 0.05) is 23.6 Å². The minimum atomic E-state index is -0.506. The van der Waals surface area contributed by atoms with Gasteiger partial charge in [0.25, 0.3) is 0 Å². The van der Waals surface area contributed by atoms with E-state index >= 15 is 0 Å². The molecule has 2 rings (SSSR count). The number of hydrogen-bond donors (Lipinski definition) is 2. The Hall–Kier alpha value is -2.48. The smallest absolute Gasteiger partial charge is 0.321 e. The topological polar surface area (TPSA) is 85.2 Å². The van der Waals surface area contributed by atoms with E-state index in [-0.39, 0.29) is 5.91 Å². The summed E-state index contributed by atoms with van der Waals surface area (Å²) < 4.78 is 7.04. The molecule has 1 aromatic heterocycles. The Balaban J connectivity index is 2.03. The molecule has 0 spiro atoms. The average Bonchev–Trinajstić information content (AvgIpc) is 3.01. The van der Waals surface area contributed by atoms with Crippen LogP contribution in [0.2, 0.25) is 0 Å². The molecule has 0 radical (unpaired) electrons. The number of carbonyl (C=O) groups excluding carboxylic acids is 2. The lowest BCUT2D eigenvalue weighted by molar-refractivity contribution is -0.119. The van der Waals surface area contributed by atoms with Crippen molar-refractivity contribution in [2.24, 2.45) is 0 Å². The lowest BCUT2D eigenvalue weighted by atomic mass is 10.1. The van der Waals surface area contributed by atoms with Crippen LogP contribution in [0.15, 0.2) is 41.8 Å². The minimum absolute atomic E-state index is 0.374. The molecule has 0 saturated heterocycles. The maximum absolute atomic E-state index is 12.3. The van der Waals surface area contributed by atoms with Crippen LogP contribution >= 0.6 is 11.8 Å². The molecule has 1 unspecified atom stereocenters. The van der Waals surface area contributed by atoms with E-state index in [4.69, 9.17) is 4.74 Å². The van der Waals surface area contributed by atoms with Gasteiger partial charge in [-0.2, -0.15) is 0 Å². The van der Waals surface area contributed by atoms with Crippen molar-refractivity contribution in [1.29, 1.82) is 0 Å². The highest BCUT2D eigenvalue weighted by atomic mass is 32.2. The third kappa shape index (κ3) is 5.52. The van der Waals surface area contributed by atoms with E-state index in [2.05, 4.69) is 15.6 Å². The maximum Gasteiger partial charge on any atom is 0.321 e. The summed E-state index contributed by atoms with van der Waals surface area (Å²) in [6.45, 7) is 7.28. The molecule has 140 valence electrons. The van der Waals surface area contributed by atoms with Crippen molar-refractivity contribution in [3.63, 3.8) is 0 Å². The predicted octanol–water partition coefficient (Wildman–Crippen LogP) is 2.99. The number of ether oxygens (including phenoxy) is 1. The van der Waals surface area contributed by atoms with Crippen LogP contribution in [0.25, 0.3) is 5.69 Å². The van der Waals surface area contributed by atoms with E-state index in [0.717, 1.165) is 11.4 Å². The summed E-state index contributed by atoms with van der Waals surface area (Å²) in [6.07, 6.45) is 3.49. The minimum Gasteiger partial charge on any atom is -0.497 e. The second kappa shape index (κ2) is 8.27. The first-order valence-corrected chi connectivity index (χ1v) is 9.05. The van der Waals surface area contributed by atoms with E-state index in [0.29, 0.717) is 5.16 Å². The third-order valence-electron chi connectivity index (χ3n) is 3.33. The molecule has 0 aliphatic carbocycles. The molecule has 2 aromatic rings. The van der Waals surface area contributed by atoms with Crippen LogP contribution in [0.3, 0.4) is 0 Å². The van der Waals surface area contributed by atoms with Crippen LogP contribution in [0.4, 0.5) is 4.79 Å². The summed E-state index contributed by atoms with van der Waals surface area (Å²) in [5, 5.41) is 5.23. The average molecular weight is 376 g/mol.